The summed E-state index contributed by atoms with van der Waals surface area (Å²) in [6.45, 7) is 5.81. The van der Waals surface area contributed by atoms with Crippen molar-refractivity contribution in [1.82, 2.24) is 20.3 Å². The summed E-state index contributed by atoms with van der Waals surface area (Å²) < 4.78 is 5.72. The molecule has 0 saturated heterocycles. The van der Waals surface area contributed by atoms with Gasteiger partial charge in [0, 0.05) is 11.7 Å². The molecule has 1 amide bonds. The van der Waals surface area contributed by atoms with Gasteiger partial charge in [-0.1, -0.05) is 6.07 Å². The van der Waals surface area contributed by atoms with Crippen molar-refractivity contribution in [3.05, 3.63) is 47.7 Å². The highest BCUT2D eigenvalue weighted by Crippen LogP contribution is 2.40. The van der Waals surface area contributed by atoms with Crippen molar-refractivity contribution < 1.29 is 9.21 Å². The molecule has 0 spiro atoms. The second-order valence-corrected chi connectivity index (χ2v) is 7.07. The van der Waals surface area contributed by atoms with E-state index in [-0.39, 0.29) is 17.5 Å². The number of nitrogens with zero attached hydrogens (tertiary/aromatic N) is 3. The molecule has 1 saturated carbocycles. The van der Waals surface area contributed by atoms with Gasteiger partial charge < -0.3 is 15.1 Å². The van der Waals surface area contributed by atoms with E-state index in [2.05, 4.69) is 32.5 Å². The number of fused-ring (bicyclic) bond motifs is 1. The number of rotatable bonds is 5. The van der Waals surface area contributed by atoms with Crippen LogP contribution in [0.3, 0.4) is 0 Å². The molecule has 0 bridgehead atoms. The molecule has 0 radical (unpaired) electrons. The second-order valence-electron chi connectivity index (χ2n) is 7.07. The quantitative estimate of drug-likeness (QED) is 0.732. The highest BCUT2D eigenvalue weighted by atomic mass is 16.3. The molecule has 4 rings (SSSR count). The Morgan fingerprint density at radius 3 is 2.77 bits per heavy atom. The maximum absolute atomic E-state index is 13.0. The molecule has 1 aliphatic rings. The van der Waals surface area contributed by atoms with Gasteiger partial charge in [0.25, 0.3) is 5.91 Å². The Labute approximate surface area is 151 Å². The molecule has 3 aromatic rings. The van der Waals surface area contributed by atoms with Gasteiger partial charge in [-0.15, -0.1) is 0 Å². The van der Waals surface area contributed by atoms with Gasteiger partial charge in [0.05, 0.1) is 22.7 Å². The van der Waals surface area contributed by atoms with E-state index in [1.165, 1.54) is 6.33 Å². The third kappa shape index (κ3) is 3.00. The van der Waals surface area contributed by atoms with E-state index in [1.807, 2.05) is 25.1 Å². The molecule has 26 heavy (non-hydrogen) atoms. The van der Waals surface area contributed by atoms with Crippen molar-refractivity contribution >= 4 is 22.8 Å². The molecule has 1 fully saturated rings. The number of furan rings is 1. The number of nitrogens with one attached hydrogen (secondary N) is 2. The highest BCUT2D eigenvalue weighted by molar-refractivity contribution is 6.10. The van der Waals surface area contributed by atoms with E-state index >= 15 is 0 Å². The van der Waals surface area contributed by atoms with Crippen LogP contribution in [0.4, 0.5) is 5.82 Å². The van der Waals surface area contributed by atoms with Crippen LogP contribution in [-0.2, 0) is 0 Å². The van der Waals surface area contributed by atoms with Crippen molar-refractivity contribution in [2.75, 3.05) is 5.32 Å². The summed E-state index contributed by atoms with van der Waals surface area (Å²) in [4.78, 5) is 25.8. The summed E-state index contributed by atoms with van der Waals surface area (Å²) >= 11 is 0. The van der Waals surface area contributed by atoms with Crippen molar-refractivity contribution in [2.45, 2.75) is 45.2 Å². The fourth-order valence-electron chi connectivity index (χ4n) is 2.99. The van der Waals surface area contributed by atoms with Gasteiger partial charge in [0.2, 0.25) is 5.71 Å². The third-order valence-electron chi connectivity index (χ3n) is 4.79. The minimum atomic E-state index is -0.227. The van der Waals surface area contributed by atoms with Gasteiger partial charge >= 0.3 is 0 Å². The number of hydrogen-bond acceptors (Lipinski definition) is 6. The molecule has 0 aromatic carbocycles. The van der Waals surface area contributed by atoms with Gasteiger partial charge in [-0.3, -0.25) is 9.78 Å². The van der Waals surface area contributed by atoms with Crippen LogP contribution < -0.4 is 10.6 Å². The van der Waals surface area contributed by atoms with Crippen molar-refractivity contribution in [3.63, 3.8) is 0 Å². The van der Waals surface area contributed by atoms with E-state index in [0.29, 0.717) is 28.2 Å². The zero-order chi connectivity index (χ0) is 18.3. The van der Waals surface area contributed by atoms with E-state index < -0.39 is 0 Å². The van der Waals surface area contributed by atoms with Crippen LogP contribution in [0.25, 0.3) is 11.1 Å². The van der Waals surface area contributed by atoms with Crippen LogP contribution in [0.5, 0.6) is 0 Å². The number of carbonyl (C=O) groups is 1. The molecule has 3 aromatic heterocycles. The Morgan fingerprint density at radius 2 is 2.08 bits per heavy atom. The molecule has 1 aliphatic carbocycles. The van der Waals surface area contributed by atoms with E-state index in [1.54, 1.807) is 13.1 Å². The monoisotopic (exact) mass is 351 g/mol. The molecule has 3 heterocycles. The lowest BCUT2D eigenvalue weighted by atomic mass is 10.1. The summed E-state index contributed by atoms with van der Waals surface area (Å²) in [6.07, 6.45) is 5.32. The zero-order valence-electron chi connectivity index (χ0n) is 15.0. The van der Waals surface area contributed by atoms with Crippen LogP contribution in [0.1, 0.15) is 54.5 Å². The molecular formula is C19H21N5O2. The molecule has 7 nitrogen and oxygen atoms in total. The fourth-order valence-corrected chi connectivity index (χ4v) is 2.99. The van der Waals surface area contributed by atoms with E-state index in [9.17, 15) is 4.79 Å². The van der Waals surface area contributed by atoms with Crippen molar-refractivity contribution in [3.8, 4) is 0 Å². The summed E-state index contributed by atoms with van der Waals surface area (Å²) in [7, 11) is 0. The van der Waals surface area contributed by atoms with Gasteiger partial charge in [0.15, 0.2) is 0 Å². The summed E-state index contributed by atoms with van der Waals surface area (Å²) in [6, 6.07) is 5.40. The predicted molar refractivity (Wildman–Crippen MR) is 97.9 cm³/mol. The standard InChI is InChI=1S/C19H21N5O2/c1-11(13-6-4-5-9-20-13)23-17(25)14-12(2)26-18-15(14)16(21-10-22-18)24-19(3)7-8-19/h4-6,9-11H,7-8H2,1-3H3,(H,23,25)(H,21,22,24). The molecule has 2 N–H and O–H groups in total. The lowest BCUT2D eigenvalue weighted by Crippen LogP contribution is -2.28. The second kappa shape index (κ2) is 6.09. The molecular weight excluding hydrogens is 330 g/mol. The average molecular weight is 351 g/mol. The van der Waals surface area contributed by atoms with Gasteiger partial charge in [-0.2, -0.15) is 0 Å². The van der Waals surface area contributed by atoms with Gasteiger partial charge in [0.1, 0.15) is 17.9 Å². The Hall–Kier alpha value is -2.96. The highest BCUT2D eigenvalue weighted by Gasteiger charge is 2.38. The third-order valence-corrected chi connectivity index (χ3v) is 4.79. The molecule has 134 valence electrons. The zero-order valence-corrected chi connectivity index (χ0v) is 15.0. The maximum atomic E-state index is 13.0. The lowest BCUT2D eigenvalue weighted by molar-refractivity contribution is 0.0939. The van der Waals surface area contributed by atoms with Crippen LogP contribution in [0, 0.1) is 6.92 Å². The number of anilines is 1. The largest absolute Gasteiger partial charge is 0.442 e. The summed E-state index contributed by atoms with van der Waals surface area (Å²) in [5.74, 6) is 0.941. The van der Waals surface area contributed by atoms with E-state index in [0.717, 1.165) is 18.5 Å². The van der Waals surface area contributed by atoms with Gasteiger partial charge in [-0.25, -0.2) is 9.97 Å². The first-order valence-electron chi connectivity index (χ1n) is 8.71. The first-order valence-corrected chi connectivity index (χ1v) is 8.71. The number of amides is 1. The molecule has 1 unspecified atom stereocenters. The lowest BCUT2D eigenvalue weighted by Gasteiger charge is -2.15. The van der Waals surface area contributed by atoms with Crippen LogP contribution >= 0.6 is 0 Å². The number of hydrogen-bond donors (Lipinski definition) is 2. The number of pyridine rings is 1. The Bertz CT molecular complexity index is 963. The number of aryl methyl sites for hydroxylation is 1. The smallest absolute Gasteiger partial charge is 0.256 e. The first-order chi connectivity index (χ1) is 12.5. The van der Waals surface area contributed by atoms with Crippen LogP contribution in [0.15, 0.2) is 35.1 Å². The fraction of sp³-hybridized carbons (Fsp3) is 0.368. The maximum Gasteiger partial charge on any atom is 0.256 e. The predicted octanol–water partition coefficient (Wildman–Crippen LogP) is 3.38. The van der Waals surface area contributed by atoms with E-state index in [4.69, 9.17) is 4.42 Å². The Balaban J connectivity index is 1.69. The Kier molecular flexibility index (Phi) is 3.86. The van der Waals surface area contributed by atoms with Crippen molar-refractivity contribution in [2.24, 2.45) is 0 Å². The molecule has 7 heteroatoms. The molecule has 0 aliphatic heterocycles. The first kappa shape index (κ1) is 16.5. The Morgan fingerprint density at radius 1 is 1.27 bits per heavy atom. The van der Waals surface area contributed by atoms with Crippen molar-refractivity contribution in [1.29, 1.82) is 0 Å². The number of aromatic nitrogens is 3. The number of carbonyl (C=O) groups excluding carboxylic acids is 1. The normalized spacial score (nSPS) is 16.3. The minimum Gasteiger partial charge on any atom is -0.442 e. The average Bonchev–Trinajstić information content (AvgIpc) is 3.24. The minimum absolute atomic E-state index is 0.0292. The topological polar surface area (TPSA) is 92.9 Å². The van der Waals surface area contributed by atoms with Crippen LogP contribution in [0.2, 0.25) is 0 Å². The van der Waals surface area contributed by atoms with Crippen LogP contribution in [-0.4, -0.2) is 26.4 Å². The SMILES string of the molecule is Cc1oc2ncnc(NC3(C)CC3)c2c1C(=O)NC(C)c1ccccn1. The molecule has 1 atom stereocenters. The van der Waals surface area contributed by atoms with Gasteiger partial charge in [-0.05, 0) is 45.7 Å². The summed E-state index contributed by atoms with van der Waals surface area (Å²) in [5.41, 5.74) is 1.71. The summed E-state index contributed by atoms with van der Waals surface area (Å²) in [5, 5.41) is 7.05.